The summed E-state index contributed by atoms with van der Waals surface area (Å²) in [4.78, 5) is 12.2. The summed E-state index contributed by atoms with van der Waals surface area (Å²) in [5.41, 5.74) is 0.518. The lowest BCUT2D eigenvalue weighted by Gasteiger charge is -2.05. The minimum atomic E-state index is -0.488. The van der Waals surface area contributed by atoms with Gasteiger partial charge in [0.25, 0.3) is 0 Å². The van der Waals surface area contributed by atoms with Gasteiger partial charge in [0, 0.05) is 20.6 Å². The van der Waals surface area contributed by atoms with Crippen LogP contribution in [-0.4, -0.2) is 5.78 Å². The monoisotopic (exact) mass is 346 g/mol. The van der Waals surface area contributed by atoms with Gasteiger partial charge in [-0.1, -0.05) is 39.1 Å². The van der Waals surface area contributed by atoms with E-state index in [1.165, 1.54) is 24.3 Å². The van der Waals surface area contributed by atoms with Crippen LogP contribution in [-0.2, 0) is 0 Å². The zero-order valence-electron chi connectivity index (χ0n) is 8.88. The Labute approximate surface area is 122 Å². The molecule has 18 heavy (non-hydrogen) atoms. The van der Waals surface area contributed by atoms with Crippen molar-refractivity contribution >= 4 is 44.9 Å². The highest BCUT2D eigenvalue weighted by molar-refractivity contribution is 9.10. The van der Waals surface area contributed by atoms with Crippen LogP contribution in [0.3, 0.4) is 0 Å². The average Bonchev–Trinajstić information content (AvgIpc) is 2.26. The molecule has 0 spiro atoms. The van der Waals surface area contributed by atoms with Gasteiger partial charge in [0.05, 0.1) is 5.02 Å². The van der Waals surface area contributed by atoms with Gasteiger partial charge in [0.15, 0.2) is 5.78 Å². The molecule has 5 heteroatoms. The Kier molecular flexibility index (Phi) is 4.05. The van der Waals surface area contributed by atoms with Crippen molar-refractivity contribution in [2.45, 2.75) is 0 Å². The smallest absolute Gasteiger partial charge is 0.194 e. The molecule has 0 amide bonds. The minimum absolute atomic E-state index is 0.228. The molecule has 92 valence electrons. The van der Waals surface area contributed by atoms with Crippen LogP contribution in [0, 0.1) is 5.82 Å². The lowest BCUT2D eigenvalue weighted by Crippen LogP contribution is -2.02. The third-order valence-electron chi connectivity index (χ3n) is 2.30. The topological polar surface area (TPSA) is 17.1 Å². The maximum atomic E-state index is 13.2. The van der Waals surface area contributed by atoms with Crippen LogP contribution in [0.2, 0.25) is 10.0 Å². The molecule has 2 aromatic rings. The zero-order valence-corrected chi connectivity index (χ0v) is 12.0. The summed E-state index contributed by atoms with van der Waals surface area (Å²) in [6, 6.07) is 8.54. The summed E-state index contributed by atoms with van der Waals surface area (Å²) in [6.45, 7) is 0. The van der Waals surface area contributed by atoms with Gasteiger partial charge in [-0.3, -0.25) is 4.79 Å². The zero-order chi connectivity index (χ0) is 13.3. The maximum absolute atomic E-state index is 13.2. The Bertz CT molecular complexity index is 608. The standard InChI is InChI=1S/C13H6BrCl2FO/c14-8-3-7(4-10(17)5-8)13(18)11-2-1-9(15)6-12(11)16/h1-6H. The van der Waals surface area contributed by atoms with Crippen LogP contribution in [0.25, 0.3) is 0 Å². The molecule has 0 fully saturated rings. The van der Waals surface area contributed by atoms with Crippen LogP contribution in [0.1, 0.15) is 15.9 Å². The SMILES string of the molecule is O=C(c1cc(F)cc(Br)c1)c1ccc(Cl)cc1Cl. The first kappa shape index (κ1) is 13.5. The fourth-order valence-electron chi connectivity index (χ4n) is 1.51. The Hall–Kier alpha value is -0.900. The van der Waals surface area contributed by atoms with Crippen molar-refractivity contribution in [2.24, 2.45) is 0 Å². The lowest BCUT2D eigenvalue weighted by atomic mass is 10.0. The summed E-state index contributed by atoms with van der Waals surface area (Å²) in [5, 5.41) is 0.685. The van der Waals surface area contributed by atoms with E-state index in [1.807, 2.05) is 0 Å². The van der Waals surface area contributed by atoms with E-state index >= 15 is 0 Å². The molecule has 2 rings (SSSR count). The summed E-state index contributed by atoms with van der Waals surface area (Å²) in [5.74, 6) is -0.838. The first-order valence-corrected chi connectivity index (χ1v) is 6.48. The van der Waals surface area contributed by atoms with Gasteiger partial charge in [-0.05, 0) is 36.4 Å². The highest BCUT2D eigenvalue weighted by atomic mass is 79.9. The molecule has 0 radical (unpaired) electrons. The second-order valence-electron chi connectivity index (χ2n) is 3.61. The van der Waals surface area contributed by atoms with E-state index in [2.05, 4.69) is 15.9 Å². The number of carbonyl (C=O) groups excluding carboxylic acids is 1. The average molecular weight is 348 g/mol. The predicted molar refractivity (Wildman–Crippen MR) is 74.0 cm³/mol. The molecule has 2 aromatic carbocycles. The summed E-state index contributed by atoms with van der Waals surface area (Å²) >= 11 is 14.8. The summed E-state index contributed by atoms with van der Waals surface area (Å²) in [6.07, 6.45) is 0. The fourth-order valence-corrected chi connectivity index (χ4v) is 2.47. The predicted octanol–water partition coefficient (Wildman–Crippen LogP) is 5.13. The first-order valence-electron chi connectivity index (χ1n) is 4.93. The number of halogens is 4. The van der Waals surface area contributed by atoms with Crippen LogP contribution in [0.5, 0.6) is 0 Å². The van der Waals surface area contributed by atoms with Crippen molar-refractivity contribution in [3.05, 3.63) is 67.9 Å². The van der Waals surface area contributed by atoms with Gasteiger partial charge in [0.2, 0.25) is 0 Å². The molecule has 0 aromatic heterocycles. The van der Waals surface area contributed by atoms with Crippen LogP contribution < -0.4 is 0 Å². The van der Waals surface area contributed by atoms with E-state index < -0.39 is 5.82 Å². The van der Waals surface area contributed by atoms with Crippen molar-refractivity contribution in [1.29, 1.82) is 0 Å². The van der Waals surface area contributed by atoms with Crippen molar-refractivity contribution in [3.63, 3.8) is 0 Å². The van der Waals surface area contributed by atoms with Gasteiger partial charge in [-0.2, -0.15) is 0 Å². The minimum Gasteiger partial charge on any atom is -0.289 e. The molecule has 0 saturated carbocycles. The van der Waals surface area contributed by atoms with Gasteiger partial charge >= 0.3 is 0 Å². The van der Waals surface area contributed by atoms with E-state index in [-0.39, 0.29) is 16.4 Å². The molecule has 0 saturated heterocycles. The molecule has 0 aliphatic carbocycles. The van der Waals surface area contributed by atoms with Gasteiger partial charge in [-0.15, -0.1) is 0 Å². The Morgan fingerprint density at radius 1 is 1.11 bits per heavy atom. The van der Waals surface area contributed by atoms with Crippen LogP contribution in [0.15, 0.2) is 40.9 Å². The van der Waals surface area contributed by atoms with E-state index in [4.69, 9.17) is 23.2 Å². The number of ketones is 1. The van der Waals surface area contributed by atoms with Crippen molar-refractivity contribution in [3.8, 4) is 0 Å². The molecule has 0 N–H and O–H groups in total. The van der Waals surface area contributed by atoms with E-state index in [9.17, 15) is 9.18 Å². The number of hydrogen-bond donors (Lipinski definition) is 0. The van der Waals surface area contributed by atoms with Crippen molar-refractivity contribution in [2.75, 3.05) is 0 Å². The molecule has 0 heterocycles. The highest BCUT2D eigenvalue weighted by Crippen LogP contribution is 2.25. The highest BCUT2D eigenvalue weighted by Gasteiger charge is 2.14. The first-order chi connectivity index (χ1) is 8.47. The number of rotatable bonds is 2. The third kappa shape index (κ3) is 2.91. The molecule has 0 atom stereocenters. The Morgan fingerprint density at radius 3 is 2.44 bits per heavy atom. The second-order valence-corrected chi connectivity index (χ2v) is 5.37. The summed E-state index contributed by atoms with van der Waals surface area (Å²) in [7, 11) is 0. The lowest BCUT2D eigenvalue weighted by molar-refractivity contribution is 0.103. The number of benzene rings is 2. The van der Waals surface area contributed by atoms with E-state index in [0.717, 1.165) is 6.07 Å². The van der Waals surface area contributed by atoms with Crippen molar-refractivity contribution in [1.82, 2.24) is 0 Å². The molecule has 0 unspecified atom stereocenters. The third-order valence-corrected chi connectivity index (χ3v) is 3.31. The van der Waals surface area contributed by atoms with Gasteiger partial charge in [-0.25, -0.2) is 4.39 Å². The second kappa shape index (κ2) is 5.39. The van der Waals surface area contributed by atoms with Crippen molar-refractivity contribution < 1.29 is 9.18 Å². The Balaban J connectivity index is 2.47. The molecular weight excluding hydrogens is 342 g/mol. The number of hydrogen-bond acceptors (Lipinski definition) is 1. The quantitative estimate of drug-likeness (QED) is 0.688. The van der Waals surface area contributed by atoms with Gasteiger partial charge in [0.1, 0.15) is 5.82 Å². The van der Waals surface area contributed by atoms with E-state index in [0.29, 0.717) is 15.1 Å². The van der Waals surface area contributed by atoms with Gasteiger partial charge < -0.3 is 0 Å². The largest absolute Gasteiger partial charge is 0.289 e. The molecule has 0 aliphatic heterocycles. The molecular formula is C13H6BrCl2FO. The molecule has 0 aliphatic rings. The molecule has 0 bridgehead atoms. The molecule has 1 nitrogen and oxygen atoms in total. The van der Waals surface area contributed by atoms with Crippen LogP contribution >= 0.6 is 39.1 Å². The fraction of sp³-hybridized carbons (Fsp3) is 0. The number of carbonyl (C=O) groups is 1. The Morgan fingerprint density at radius 2 is 1.83 bits per heavy atom. The summed E-state index contributed by atoms with van der Waals surface area (Å²) < 4.78 is 13.7. The van der Waals surface area contributed by atoms with E-state index in [1.54, 1.807) is 6.07 Å². The normalized spacial score (nSPS) is 10.4. The maximum Gasteiger partial charge on any atom is 0.194 e. The van der Waals surface area contributed by atoms with Crippen LogP contribution in [0.4, 0.5) is 4.39 Å².